The average Bonchev–Trinajstić information content (AvgIpc) is 2.85. The van der Waals surface area contributed by atoms with Gasteiger partial charge in [0.1, 0.15) is 5.82 Å². The summed E-state index contributed by atoms with van der Waals surface area (Å²) < 4.78 is 15.2. The Morgan fingerprint density at radius 3 is 2.89 bits per heavy atom. The van der Waals surface area contributed by atoms with E-state index in [2.05, 4.69) is 4.57 Å². The van der Waals surface area contributed by atoms with E-state index in [1.165, 1.54) is 12.1 Å². The van der Waals surface area contributed by atoms with E-state index in [1.807, 2.05) is 18.3 Å². The molecule has 0 atom stereocenters. The van der Waals surface area contributed by atoms with Gasteiger partial charge in [0.05, 0.1) is 6.54 Å². The normalized spacial score (nSPS) is 14.4. The van der Waals surface area contributed by atoms with Crippen LogP contribution in [0, 0.1) is 5.82 Å². The molecule has 1 amide bonds. The number of halogens is 1. The number of aromatic nitrogens is 1. The van der Waals surface area contributed by atoms with Gasteiger partial charge in [-0.2, -0.15) is 0 Å². The topological polar surface area (TPSA) is 25.2 Å². The zero-order valence-electron chi connectivity index (χ0n) is 9.84. The van der Waals surface area contributed by atoms with Crippen LogP contribution < -0.4 is 0 Å². The van der Waals surface area contributed by atoms with Crippen LogP contribution in [0.4, 0.5) is 4.39 Å². The quantitative estimate of drug-likeness (QED) is 0.755. The van der Waals surface area contributed by atoms with E-state index in [9.17, 15) is 9.18 Å². The standard InChI is InChI=1S/C14H13FN2O/c15-12-4-1-3-11(9-12)14(18)17-8-7-16-6-2-5-13(16)10-17/h1-6,9H,7-8,10H2. The number of rotatable bonds is 1. The smallest absolute Gasteiger partial charge is 0.254 e. The molecule has 2 heterocycles. The minimum atomic E-state index is -0.374. The maximum atomic E-state index is 13.1. The lowest BCUT2D eigenvalue weighted by Crippen LogP contribution is -2.37. The molecule has 2 aromatic rings. The van der Waals surface area contributed by atoms with Crippen molar-refractivity contribution in [3.05, 3.63) is 59.7 Å². The van der Waals surface area contributed by atoms with Crippen molar-refractivity contribution < 1.29 is 9.18 Å². The monoisotopic (exact) mass is 244 g/mol. The Morgan fingerprint density at radius 2 is 2.06 bits per heavy atom. The van der Waals surface area contributed by atoms with E-state index in [0.29, 0.717) is 18.7 Å². The number of nitrogens with zero attached hydrogens (tertiary/aromatic N) is 2. The van der Waals surface area contributed by atoms with Crippen molar-refractivity contribution in [2.24, 2.45) is 0 Å². The van der Waals surface area contributed by atoms with Gasteiger partial charge < -0.3 is 9.47 Å². The van der Waals surface area contributed by atoms with Crippen molar-refractivity contribution in [1.82, 2.24) is 9.47 Å². The van der Waals surface area contributed by atoms with Crippen LogP contribution in [0.2, 0.25) is 0 Å². The summed E-state index contributed by atoms with van der Waals surface area (Å²) in [5, 5.41) is 0. The molecule has 0 radical (unpaired) electrons. The lowest BCUT2D eigenvalue weighted by atomic mass is 10.1. The van der Waals surface area contributed by atoms with Gasteiger partial charge in [-0.05, 0) is 30.3 Å². The zero-order chi connectivity index (χ0) is 12.5. The Hall–Kier alpha value is -2.10. The maximum Gasteiger partial charge on any atom is 0.254 e. The van der Waals surface area contributed by atoms with Gasteiger partial charge in [-0.3, -0.25) is 4.79 Å². The lowest BCUT2D eigenvalue weighted by Gasteiger charge is -2.28. The van der Waals surface area contributed by atoms with Crippen molar-refractivity contribution in [2.45, 2.75) is 13.1 Å². The van der Waals surface area contributed by atoms with Crippen molar-refractivity contribution in [3.63, 3.8) is 0 Å². The molecule has 1 aromatic heterocycles. The van der Waals surface area contributed by atoms with Gasteiger partial charge in [0.15, 0.2) is 0 Å². The van der Waals surface area contributed by atoms with Gasteiger partial charge in [-0.25, -0.2) is 4.39 Å². The van der Waals surface area contributed by atoms with Crippen LogP contribution in [0.3, 0.4) is 0 Å². The molecule has 0 bridgehead atoms. The number of hydrogen-bond donors (Lipinski definition) is 0. The highest BCUT2D eigenvalue weighted by Crippen LogP contribution is 2.16. The Bertz CT molecular complexity index is 591. The highest BCUT2D eigenvalue weighted by atomic mass is 19.1. The fourth-order valence-electron chi connectivity index (χ4n) is 2.29. The largest absolute Gasteiger partial charge is 0.348 e. The third kappa shape index (κ3) is 1.90. The Morgan fingerprint density at radius 1 is 1.17 bits per heavy atom. The van der Waals surface area contributed by atoms with E-state index < -0.39 is 0 Å². The van der Waals surface area contributed by atoms with E-state index in [0.717, 1.165) is 12.2 Å². The second-order valence-electron chi connectivity index (χ2n) is 4.43. The molecule has 92 valence electrons. The summed E-state index contributed by atoms with van der Waals surface area (Å²) in [6.07, 6.45) is 2.01. The van der Waals surface area contributed by atoms with Crippen LogP contribution >= 0.6 is 0 Å². The number of hydrogen-bond acceptors (Lipinski definition) is 1. The van der Waals surface area contributed by atoms with Crippen LogP contribution in [-0.4, -0.2) is 21.9 Å². The van der Waals surface area contributed by atoms with Crippen LogP contribution in [0.25, 0.3) is 0 Å². The SMILES string of the molecule is O=C(c1cccc(F)c1)N1CCn2cccc2C1. The van der Waals surface area contributed by atoms with E-state index >= 15 is 0 Å². The Balaban J connectivity index is 1.83. The lowest BCUT2D eigenvalue weighted by molar-refractivity contribution is 0.0710. The van der Waals surface area contributed by atoms with Gasteiger partial charge in [0.2, 0.25) is 0 Å². The van der Waals surface area contributed by atoms with Gasteiger partial charge >= 0.3 is 0 Å². The first kappa shape index (κ1) is 11.0. The molecule has 4 heteroatoms. The molecule has 3 rings (SSSR count). The predicted octanol–water partition coefficient (Wildman–Crippen LogP) is 2.28. The summed E-state index contributed by atoms with van der Waals surface area (Å²) in [5.41, 5.74) is 1.53. The molecule has 0 N–H and O–H groups in total. The summed E-state index contributed by atoms with van der Waals surface area (Å²) in [5.74, 6) is -0.483. The Labute approximate surface area is 104 Å². The maximum absolute atomic E-state index is 13.1. The summed E-state index contributed by atoms with van der Waals surface area (Å²) in [6.45, 7) is 2.04. The minimum Gasteiger partial charge on any atom is -0.348 e. The molecule has 1 aliphatic rings. The summed E-state index contributed by atoms with van der Waals surface area (Å²) in [4.78, 5) is 14.0. The predicted molar refractivity (Wildman–Crippen MR) is 65.6 cm³/mol. The second kappa shape index (κ2) is 4.29. The van der Waals surface area contributed by atoms with Crippen molar-refractivity contribution in [3.8, 4) is 0 Å². The van der Waals surface area contributed by atoms with E-state index in [4.69, 9.17) is 0 Å². The van der Waals surface area contributed by atoms with Gasteiger partial charge in [0.25, 0.3) is 5.91 Å². The first-order valence-electron chi connectivity index (χ1n) is 5.93. The third-order valence-electron chi connectivity index (χ3n) is 3.25. The highest BCUT2D eigenvalue weighted by molar-refractivity contribution is 5.94. The van der Waals surface area contributed by atoms with Crippen LogP contribution in [0.5, 0.6) is 0 Å². The van der Waals surface area contributed by atoms with Crippen molar-refractivity contribution in [2.75, 3.05) is 6.54 Å². The van der Waals surface area contributed by atoms with Crippen LogP contribution in [0.1, 0.15) is 16.1 Å². The average molecular weight is 244 g/mol. The van der Waals surface area contributed by atoms with Crippen molar-refractivity contribution in [1.29, 1.82) is 0 Å². The molecule has 0 aliphatic carbocycles. The van der Waals surface area contributed by atoms with Gasteiger partial charge in [-0.1, -0.05) is 6.07 Å². The molecule has 0 spiro atoms. The molecular weight excluding hydrogens is 231 g/mol. The van der Waals surface area contributed by atoms with Crippen LogP contribution in [0.15, 0.2) is 42.6 Å². The molecule has 3 nitrogen and oxygen atoms in total. The first-order chi connectivity index (χ1) is 8.74. The third-order valence-corrected chi connectivity index (χ3v) is 3.25. The second-order valence-corrected chi connectivity index (χ2v) is 4.43. The van der Waals surface area contributed by atoms with Gasteiger partial charge in [-0.15, -0.1) is 0 Å². The van der Waals surface area contributed by atoms with Crippen LogP contribution in [-0.2, 0) is 13.1 Å². The fourth-order valence-corrected chi connectivity index (χ4v) is 2.29. The molecule has 0 fully saturated rings. The number of fused-ring (bicyclic) bond motifs is 1. The van der Waals surface area contributed by atoms with Crippen molar-refractivity contribution >= 4 is 5.91 Å². The Kier molecular flexibility index (Phi) is 2.63. The molecule has 18 heavy (non-hydrogen) atoms. The van der Waals surface area contributed by atoms with E-state index in [-0.39, 0.29) is 11.7 Å². The fraction of sp³-hybridized carbons (Fsp3) is 0.214. The summed E-state index contributed by atoms with van der Waals surface area (Å²) in [7, 11) is 0. The number of benzene rings is 1. The van der Waals surface area contributed by atoms with Gasteiger partial charge in [0, 0.05) is 30.5 Å². The molecule has 1 aromatic carbocycles. The molecular formula is C14H13FN2O. The summed E-state index contributed by atoms with van der Waals surface area (Å²) >= 11 is 0. The highest BCUT2D eigenvalue weighted by Gasteiger charge is 2.21. The molecule has 0 unspecified atom stereocenters. The summed E-state index contributed by atoms with van der Waals surface area (Å²) in [6, 6.07) is 9.83. The minimum absolute atomic E-state index is 0.109. The zero-order valence-corrected chi connectivity index (χ0v) is 9.84. The van der Waals surface area contributed by atoms with E-state index in [1.54, 1.807) is 17.0 Å². The number of carbonyl (C=O) groups is 1. The first-order valence-corrected chi connectivity index (χ1v) is 5.93. The molecule has 0 saturated heterocycles. The number of amides is 1. The number of carbonyl (C=O) groups excluding carboxylic acids is 1. The molecule has 0 saturated carbocycles. The molecule has 1 aliphatic heterocycles.